The molecule has 0 aliphatic carbocycles. The van der Waals surface area contributed by atoms with Gasteiger partial charge in [0, 0.05) is 31.6 Å². The topological polar surface area (TPSA) is 69.6 Å². The van der Waals surface area contributed by atoms with Crippen molar-refractivity contribution in [2.75, 3.05) is 13.1 Å². The van der Waals surface area contributed by atoms with Crippen LogP contribution in [0.5, 0.6) is 0 Å². The molecule has 0 radical (unpaired) electrons. The van der Waals surface area contributed by atoms with E-state index >= 15 is 0 Å². The Bertz CT molecular complexity index is 245. The molecule has 2 N–H and O–H groups in total. The number of amides is 1. The average Bonchev–Trinajstić information content (AvgIpc) is 2.12. The van der Waals surface area contributed by atoms with E-state index in [1.807, 2.05) is 13.8 Å². The molecular weight excluding hydrogens is 196 g/mol. The lowest BCUT2D eigenvalue weighted by molar-refractivity contribution is -0.141. The molecule has 1 fully saturated rings. The van der Waals surface area contributed by atoms with Crippen LogP contribution in [-0.4, -0.2) is 47.1 Å². The first-order chi connectivity index (χ1) is 6.99. The number of carboxylic acid groups (broad SMARTS) is 1. The van der Waals surface area contributed by atoms with Crippen molar-refractivity contribution in [2.24, 2.45) is 0 Å². The third kappa shape index (κ3) is 3.87. The van der Waals surface area contributed by atoms with Crippen LogP contribution in [0.15, 0.2) is 0 Å². The Balaban J connectivity index is 2.41. The highest BCUT2D eigenvalue weighted by Gasteiger charge is 2.24. The molecule has 5 nitrogen and oxygen atoms in total. The lowest BCUT2D eigenvalue weighted by Crippen LogP contribution is -2.55. The molecule has 0 aromatic carbocycles. The molecule has 1 amide bonds. The zero-order valence-corrected chi connectivity index (χ0v) is 9.19. The van der Waals surface area contributed by atoms with E-state index in [0.717, 1.165) is 0 Å². The monoisotopic (exact) mass is 214 g/mol. The SMILES string of the molecule is C[C@@H]1CN(C(=O)CCC(=O)O)C[C@H](C)N1. The zero-order valence-electron chi connectivity index (χ0n) is 9.19. The van der Waals surface area contributed by atoms with Gasteiger partial charge in [0.2, 0.25) is 5.91 Å². The Hall–Kier alpha value is -1.10. The van der Waals surface area contributed by atoms with Gasteiger partial charge in [-0.2, -0.15) is 0 Å². The fraction of sp³-hybridized carbons (Fsp3) is 0.800. The maximum Gasteiger partial charge on any atom is 0.303 e. The summed E-state index contributed by atoms with van der Waals surface area (Å²) in [7, 11) is 0. The minimum atomic E-state index is -0.917. The highest BCUT2D eigenvalue weighted by Crippen LogP contribution is 2.07. The summed E-state index contributed by atoms with van der Waals surface area (Å²) in [6.07, 6.45) is 0.0281. The Morgan fingerprint density at radius 2 is 1.80 bits per heavy atom. The summed E-state index contributed by atoms with van der Waals surface area (Å²) in [5.74, 6) is -0.975. The van der Waals surface area contributed by atoms with Crippen LogP contribution >= 0.6 is 0 Å². The third-order valence-corrected chi connectivity index (χ3v) is 2.46. The first-order valence-electron chi connectivity index (χ1n) is 5.24. The Kier molecular flexibility index (Phi) is 4.08. The van der Waals surface area contributed by atoms with Gasteiger partial charge in [-0.05, 0) is 13.8 Å². The van der Waals surface area contributed by atoms with Gasteiger partial charge in [-0.3, -0.25) is 9.59 Å². The lowest BCUT2D eigenvalue weighted by atomic mass is 10.1. The van der Waals surface area contributed by atoms with E-state index < -0.39 is 5.97 Å². The minimum Gasteiger partial charge on any atom is -0.481 e. The number of carbonyl (C=O) groups is 2. The molecule has 0 aromatic rings. The van der Waals surface area contributed by atoms with Crippen molar-refractivity contribution in [3.63, 3.8) is 0 Å². The molecule has 1 aliphatic heterocycles. The second kappa shape index (κ2) is 5.11. The predicted octanol–water partition coefficient (Wildman–Crippen LogP) is 0.0600. The number of nitrogens with one attached hydrogen (secondary N) is 1. The van der Waals surface area contributed by atoms with Crippen LogP contribution in [0.4, 0.5) is 0 Å². The predicted molar refractivity (Wildman–Crippen MR) is 55.5 cm³/mol. The molecule has 1 saturated heterocycles. The van der Waals surface area contributed by atoms with Gasteiger partial charge in [-0.15, -0.1) is 0 Å². The van der Waals surface area contributed by atoms with Gasteiger partial charge in [-0.25, -0.2) is 0 Å². The molecule has 1 aliphatic rings. The van der Waals surface area contributed by atoms with Crippen molar-refractivity contribution < 1.29 is 14.7 Å². The molecule has 0 bridgehead atoms. The van der Waals surface area contributed by atoms with Crippen molar-refractivity contribution in [3.8, 4) is 0 Å². The maximum absolute atomic E-state index is 11.6. The van der Waals surface area contributed by atoms with E-state index in [1.54, 1.807) is 4.90 Å². The molecular formula is C10H18N2O3. The quantitative estimate of drug-likeness (QED) is 0.697. The Labute approximate surface area is 89.4 Å². The van der Waals surface area contributed by atoms with Crippen molar-refractivity contribution in [3.05, 3.63) is 0 Å². The van der Waals surface area contributed by atoms with E-state index in [4.69, 9.17) is 5.11 Å². The molecule has 0 aromatic heterocycles. The normalized spacial score (nSPS) is 26.4. The van der Waals surface area contributed by atoms with Crippen LogP contribution in [0.25, 0.3) is 0 Å². The molecule has 1 rings (SSSR count). The second-order valence-corrected chi connectivity index (χ2v) is 4.16. The minimum absolute atomic E-state index is 0.0578. The van der Waals surface area contributed by atoms with Crippen molar-refractivity contribution in [2.45, 2.75) is 38.8 Å². The van der Waals surface area contributed by atoms with Gasteiger partial charge in [0.1, 0.15) is 0 Å². The summed E-state index contributed by atoms with van der Waals surface area (Å²) in [6, 6.07) is 0.560. The van der Waals surface area contributed by atoms with Crippen LogP contribution in [0, 0.1) is 0 Å². The van der Waals surface area contributed by atoms with Gasteiger partial charge in [-0.1, -0.05) is 0 Å². The lowest BCUT2D eigenvalue weighted by Gasteiger charge is -2.36. The Morgan fingerprint density at radius 3 is 2.27 bits per heavy atom. The van der Waals surface area contributed by atoms with E-state index in [1.165, 1.54) is 0 Å². The molecule has 5 heteroatoms. The Morgan fingerprint density at radius 1 is 1.27 bits per heavy atom. The molecule has 0 unspecified atom stereocenters. The van der Waals surface area contributed by atoms with Gasteiger partial charge in [0.25, 0.3) is 0 Å². The summed E-state index contributed by atoms with van der Waals surface area (Å²) in [5, 5.41) is 11.8. The molecule has 0 spiro atoms. The largest absolute Gasteiger partial charge is 0.481 e. The van der Waals surface area contributed by atoms with E-state index in [9.17, 15) is 9.59 Å². The van der Waals surface area contributed by atoms with Crippen LogP contribution in [0.3, 0.4) is 0 Å². The number of piperazine rings is 1. The number of hydrogen-bond donors (Lipinski definition) is 2. The summed E-state index contributed by atoms with van der Waals surface area (Å²) in [4.78, 5) is 23.7. The average molecular weight is 214 g/mol. The molecule has 15 heavy (non-hydrogen) atoms. The van der Waals surface area contributed by atoms with Gasteiger partial charge in [0.15, 0.2) is 0 Å². The number of rotatable bonds is 3. The summed E-state index contributed by atoms with van der Waals surface area (Å²) < 4.78 is 0. The van der Waals surface area contributed by atoms with Crippen LogP contribution in [0.1, 0.15) is 26.7 Å². The van der Waals surface area contributed by atoms with Crippen molar-refractivity contribution >= 4 is 11.9 Å². The van der Waals surface area contributed by atoms with Gasteiger partial charge >= 0.3 is 5.97 Å². The summed E-state index contributed by atoms with van der Waals surface area (Å²) in [5.41, 5.74) is 0. The summed E-state index contributed by atoms with van der Waals surface area (Å²) in [6.45, 7) is 5.38. The van der Waals surface area contributed by atoms with E-state index in [2.05, 4.69) is 5.32 Å². The fourth-order valence-corrected chi connectivity index (χ4v) is 1.90. The first kappa shape index (κ1) is 12.0. The highest BCUT2D eigenvalue weighted by molar-refractivity contribution is 5.80. The maximum atomic E-state index is 11.6. The fourth-order valence-electron chi connectivity index (χ4n) is 1.90. The molecule has 2 atom stereocenters. The molecule has 1 heterocycles. The number of hydrogen-bond acceptors (Lipinski definition) is 3. The second-order valence-electron chi connectivity index (χ2n) is 4.16. The number of aliphatic carboxylic acids is 1. The van der Waals surface area contributed by atoms with Crippen LogP contribution in [0.2, 0.25) is 0 Å². The van der Waals surface area contributed by atoms with Crippen LogP contribution in [-0.2, 0) is 9.59 Å². The summed E-state index contributed by atoms with van der Waals surface area (Å²) >= 11 is 0. The van der Waals surface area contributed by atoms with E-state index in [0.29, 0.717) is 13.1 Å². The number of carboxylic acids is 1. The van der Waals surface area contributed by atoms with Crippen LogP contribution < -0.4 is 5.32 Å². The van der Waals surface area contributed by atoms with Gasteiger partial charge in [0.05, 0.1) is 6.42 Å². The smallest absolute Gasteiger partial charge is 0.303 e. The van der Waals surface area contributed by atoms with E-state index in [-0.39, 0.29) is 30.8 Å². The van der Waals surface area contributed by atoms with Crippen molar-refractivity contribution in [1.29, 1.82) is 0 Å². The third-order valence-electron chi connectivity index (χ3n) is 2.46. The zero-order chi connectivity index (χ0) is 11.4. The van der Waals surface area contributed by atoms with Gasteiger partial charge < -0.3 is 15.3 Å². The molecule has 0 saturated carbocycles. The molecule has 86 valence electrons. The first-order valence-corrected chi connectivity index (χ1v) is 5.24. The van der Waals surface area contributed by atoms with Crippen molar-refractivity contribution in [1.82, 2.24) is 10.2 Å². The highest BCUT2D eigenvalue weighted by atomic mass is 16.4. The standard InChI is InChI=1S/C10H18N2O3/c1-7-5-12(6-8(2)11-7)9(13)3-4-10(14)15/h7-8,11H,3-6H2,1-2H3,(H,14,15)/t7-,8+. The number of nitrogens with zero attached hydrogens (tertiary/aromatic N) is 1. The number of carbonyl (C=O) groups excluding carboxylic acids is 1.